The highest BCUT2D eigenvalue weighted by molar-refractivity contribution is 7.85. The van der Waals surface area contributed by atoms with Gasteiger partial charge in [0.25, 0.3) is 0 Å². The second-order valence-electron chi connectivity index (χ2n) is 5.26. The van der Waals surface area contributed by atoms with Crippen LogP contribution >= 0.6 is 34.8 Å². The second kappa shape index (κ2) is 8.74. The first kappa shape index (κ1) is 21.2. The van der Waals surface area contributed by atoms with Crippen LogP contribution in [0, 0.1) is 0 Å². The molecule has 2 aromatic carbocycles. The smallest absolute Gasteiger partial charge is 0.254 e. The standard InChI is InChI=1S/C17H13Cl3F3NOS/c1-2-14(10-3-5-11(18)6-4-10)24-15-8-16(13(20)7-12(15)19)26(25)9-17(21,22)23/h3-8H,2,9H2,1H3. The highest BCUT2D eigenvalue weighted by Crippen LogP contribution is 2.35. The van der Waals surface area contributed by atoms with Gasteiger partial charge in [0.1, 0.15) is 5.75 Å². The number of hydrogen-bond donors (Lipinski definition) is 0. The zero-order valence-electron chi connectivity index (χ0n) is 13.4. The van der Waals surface area contributed by atoms with E-state index in [-0.39, 0.29) is 20.6 Å². The molecule has 0 fully saturated rings. The Morgan fingerprint density at radius 1 is 1.08 bits per heavy atom. The molecular formula is C17H13Cl3F3NOS. The first-order valence-corrected chi connectivity index (χ1v) is 9.83. The first-order chi connectivity index (χ1) is 12.1. The van der Waals surface area contributed by atoms with Crippen molar-refractivity contribution in [1.29, 1.82) is 0 Å². The molecule has 0 N–H and O–H groups in total. The Morgan fingerprint density at radius 3 is 2.23 bits per heavy atom. The van der Waals surface area contributed by atoms with Crippen molar-refractivity contribution in [3.05, 3.63) is 57.0 Å². The fourth-order valence-electron chi connectivity index (χ4n) is 2.14. The monoisotopic (exact) mass is 441 g/mol. The molecule has 0 aliphatic carbocycles. The van der Waals surface area contributed by atoms with Crippen molar-refractivity contribution in [1.82, 2.24) is 0 Å². The molecule has 0 heterocycles. The largest absolute Gasteiger partial charge is 0.400 e. The molecular weight excluding hydrogens is 430 g/mol. The molecule has 1 unspecified atom stereocenters. The number of nitrogens with zero attached hydrogens (tertiary/aromatic N) is 1. The molecule has 0 bridgehead atoms. The third kappa shape index (κ3) is 5.71. The van der Waals surface area contributed by atoms with E-state index < -0.39 is 22.7 Å². The van der Waals surface area contributed by atoms with E-state index in [4.69, 9.17) is 34.8 Å². The van der Waals surface area contributed by atoms with Crippen molar-refractivity contribution in [2.45, 2.75) is 24.4 Å². The van der Waals surface area contributed by atoms with E-state index in [0.717, 1.165) is 5.56 Å². The molecule has 0 aromatic heterocycles. The molecule has 0 radical (unpaired) electrons. The number of halogens is 6. The Hall–Kier alpha value is -1.08. The minimum Gasteiger partial charge on any atom is -0.254 e. The van der Waals surface area contributed by atoms with E-state index in [1.807, 2.05) is 6.92 Å². The van der Waals surface area contributed by atoms with Gasteiger partial charge in [-0.25, -0.2) is 0 Å². The van der Waals surface area contributed by atoms with E-state index in [0.29, 0.717) is 17.2 Å². The van der Waals surface area contributed by atoms with Gasteiger partial charge in [0, 0.05) is 10.7 Å². The highest BCUT2D eigenvalue weighted by Gasteiger charge is 2.32. The maximum Gasteiger partial charge on any atom is 0.400 e. The maximum absolute atomic E-state index is 12.5. The zero-order chi connectivity index (χ0) is 19.5. The lowest BCUT2D eigenvalue weighted by molar-refractivity contribution is -0.105. The molecule has 2 rings (SSSR count). The van der Waals surface area contributed by atoms with Crippen molar-refractivity contribution in [2.24, 2.45) is 4.99 Å². The number of aliphatic imine (C=N–C) groups is 1. The summed E-state index contributed by atoms with van der Waals surface area (Å²) < 4.78 is 49.6. The summed E-state index contributed by atoms with van der Waals surface area (Å²) >= 11 is 17.9. The van der Waals surface area contributed by atoms with Crippen LogP contribution in [0.4, 0.5) is 18.9 Å². The Labute approximate surface area is 166 Å². The number of hydrogen-bond acceptors (Lipinski definition) is 2. The predicted octanol–water partition coefficient (Wildman–Crippen LogP) is 6.85. The van der Waals surface area contributed by atoms with Crippen LogP contribution in [0.2, 0.25) is 15.1 Å². The van der Waals surface area contributed by atoms with Crippen molar-refractivity contribution >= 4 is 57.0 Å². The molecule has 9 heteroatoms. The van der Waals surface area contributed by atoms with E-state index in [2.05, 4.69) is 4.99 Å². The highest BCUT2D eigenvalue weighted by atomic mass is 35.5. The predicted molar refractivity (Wildman–Crippen MR) is 102 cm³/mol. The molecule has 26 heavy (non-hydrogen) atoms. The summed E-state index contributed by atoms with van der Waals surface area (Å²) in [4.78, 5) is 4.27. The third-order valence-corrected chi connectivity index (χ3v) is 5.71. The van der Waals surface area contributed by atoms with Crippen LogP contribution in [0.1, 0.15) is 18.9 Å². The van der Waals surface area contributed by atoms with Gasteiger partial charge in [0.05, 0.1) is 31.4 Å². The molecule has 0 aliphatic rings. The lowest BCUT2D eigenvalue weighted by Crippen LogP contribution is -2.18. The fourth-order valence-corrected chi connectivity index (χ4v) is 3.92. The van der Waals surface area contributed by atoms with Gasteiger partial charge in [-0.1, -0.05) is 53.9 Å². The summed E-state index contributed by atoms with van der Waals surface area (Å²) in [6.45, 7) is 1.87. The van der Waals surface area contributed by atoms with Gasteiger partial charge in [0.2, 0.25) is 0 Å². The molecule has 0 saturated heterocycles. The van der Waals surface area contributed by atoms with Gasteiger partial charge in [-0.05, 0) is 36.2 Å². The summed E-state index contributed by atoms with van der Waals surface area (Å²) in [5.41, 5.74) is 1.65. The van der Waals surface area contributed by atoms with Crippen LogP contribution in [0.3, 0.4) is 0 Å². The van der Waals surface area contributed by atoms with Crippen LogP contribution in [-0.2, 0) is 10.8 Å². The van der Waals surface area contributed by atoms with Crippen molar-refractivity contribution in [2.75, 3.05) is 5.75 Å². The maximum atomic E-state index is 12.5. The van der Waals surface area contributed by atoms with Crippen LogP contribution in [0.5, 0.6) is 0 Å². The van der Waals surface area contributed by atoms with Gasteiger partial charge in [-0.15, -0.1) is 0 Å². The Kier molecular flexibility index (Phi) is 7.13. The first-order valence-electron chi connectivity index (χ1n) is 7.38. The van der Waals surface area contributed by atoms with Crippen LogP contribution < -0.4 is 0 Å². The SMILES string of the molecule is CCC(=Nc1cc(S(=O)CC(F)(F)F)c(Cl)cc1Cl)c1ccc(Cl)cc1. The molecule has 0 aliphatic heterocycles. The number of rotatable bonds is 5. The topological polar surface area (TPSA) is 29.4 Å². The quantitative estimate of drug-likeness (QED) is 0.466. The summed E-state index contributed by atoms with van der Waals surface area (Å²) in [5.74, 6) is -1.49. The lowest BCUT2D eigenvalue weighted by atomic mass is 10.1. The molecule has 2 aromatic rings. The zero-order valence-corrected chi connectivity index (χ0v) is 16.5. The molecule has 0 saturated carbocycles. The van der Waals surface area contributed by atoms with Crippen LogP contribution in [0.25, 0.3) is 0 Å². The molecule has 0 amide bonds. The molecule has 140 valence electrons. The lowest BCUT2D eigenvalue weighted by Gasteiger charge is -2.11. The summed E-state index contributed by atoms with van der Waals surface area (Å²) in [5, 5.41) is 0.627. The third-order valence-electron chi connectivity index (χ3n) is 3.31. The Balaban J connectivity index is 2.46. The Morgan fingerprint density at radius 2 is 1.69 bits per heavy atom. The van der Waals surface area contributed by atoms with Gasteiger partial charge in [0.15, 0.2) is 0 Å². The minimum absolute atomic E-state index is 0.0962. The van der Waals surface area contributed by atoms with Gasteiger partial charge in [-0.3, -0.25) is 9.20 Å². The van der Waals surface area contributed by atoms with Crippen LogP contribution in [-0.4, -0.2) is 21.8 Å². The average Bonchev–Trinajstić information content (AvgIpc) is 2.53. The van der Waals surface area contributed by atoms with E-state index in [1.54, 1.807) is 24.3 Å². The van der Waals surface area contributed by atoms with Crippen molar-refractivity contribution in [3.63, 3.8) is 0 Å². The number of benzene rings is 2. The molecule has 2 nitrogen and oxygen atoms in total. The average molecular weight is 443 g/mol. The summed E-state index contributed by atoms with van der Waals surface area (Å²) in [6.07, 6.45) is -4.03. The van der Waals surface area contributed by atoms with E-state index in [9.17, 15) is 17.4 Å². The van der Waals surface area contributed by atoms with Crippen molar-refractivity contribution in [3.8, 4) is 0 Å². The minimum atomic E-state index is -4.57. The molecule has 0 spiro atoms. The van der Waals surface area contributed by atoms with Gasteiger partial charge < -0.3 is 0 Å². The summed E-state index contributed by atoms with van der Waals surface area (Å²) in [6, 6.07) is 9.44. The van der Waals surface area contributed by atoms with Crippen molar-refractivity contribution < 1.29 is 17.4 Å². The van der Waals surface area contributed by atoms with E-state index in [1.165, 1.54) is 12.1 Å². The number of alkyl halides is 3. The van der Waals surface area contributed by atoms with Gasteiger partial charge in [-0.2, -0.15) is 13.2 Å². The summed E-state index contributed by atoms with van der Waals surface area (Å²) in [7, 11) is -2.35. The van der Waals surface area contributed by atoms with Crippen LogP contribution in [0.15, 0.2) is 46.3 Å². The molecule has 1 atom stereocenters. The van der Waals surface area contributed by atoms with E-state index >= 15 is 0 Å². The fraction of sp³-hybridized carbons (Fsp3) is 0.235. The normalized spacial score (nSPS) is 13.7. The second-order valence-corrected chi connectivity index (χ2v) is 7.93. The Bertz CT molecular complexity index is 852. The van der Waals surface area contributed by atoms with Gasteiger partial charge >= 0.3 is 6.18 Å².